The minimum absolute atomic E-state index is 0.166. The fraction of sp³-hybridized carbons (Fsp3) is 0.214. The molecule has 3 heterocycles. The molecule has 38 heavy (non-hydrogen) atoms. The number of hydrogen-bond donors (Lipinski definition) is 2. The van der Waals surface area contributed by atoms with Crippen LogP contribution in [-0.2, 0) is 18.4 Å². The van der Waals surface area contributed by atoms with Crippen molar-refractivity contribution in [3.05, 3.63) is 105 Å². The van der Waals surface area contributed by atoms with E-state index >= 15 is 0 Å². The van der Waals surface area contributed by atoms with Gasteiger partial charge in [0, 0.05) is 18.2 Å². The SMILES string of the molecule is Cc1cc(O)c2c3c(nn2c1)CCC(NC(=O)c1c(Cl)cc(-n2cnc(C)n2)cc1Cl)(c1ccccc1)C3. The van der Waals surface area contributed by atoms with E-state index in [4.69, 9.17) is 28.3 Å². The Labute approximate surface area is 228 Å². The third kappa shape index (κ3) is 4.10. The number of pyridine rings is 1. The standard InChI is InChI=1S/C28H24Cl2N6O2/c1-16-10-24(37)26-20-13-28(18-6-4-3-5-7-18,9-8-23(20)34-35(26)14-16)32-27(38)25-21(29)11-19(12-22(25)30)36-15-31-17(2)33-36/h3-7,10-12,14-15,37H,8-9,13H2,1-2H3,(H,32,38). The first kappa shape index (κ1) is 24.5. The maximum atomic E-state index is 13.8. The van der Waals surface area contributed by atoms with Crippen LogP contribution in [0.1, 0.15) is 45.0 Å². The zero-order valence-corrected chi connectivity index (χ0v) is 22.3. The number of aromatic hydroxyl groups is 1. The van der Waals surface area contributed by atoms with Gasteiger partial charge in [-0.25, -0.2) is 14.2 Å². The molecule has 1 amide bonds. The quantitative estimate of drug-likeness (QED) is 0.316. The summed E-state index contributed by atoms with van der Waals surface area (Å²) < 4.78 is 3.29. The smallest absolute Gasteiger partial charge is 0.255 e. The van der Waals surface area contributed by atoms with E-state index in [-0.39, 0.29) is 27.3 Å². The summed E-state index contributed by atoms with van der Waals surface area (Å²) in [7, 11) is 0. The molecule has 10 heteroatoms. The first-order valence-corrected chi connectivity index (χ1v) is 12.9. The van der Waals surface area contributed by atoms with Crippen molar-refractivity contribution in [2.75, 3.05) is 0 Å². The second kappa shape index (κ2) is 9.15. The molecule has 0 saturated heterocycles. The highest BCUT2D eigenvalue weighted by molar-refractivity contribution is 6.40. The molecule has 0 radical (unpaired) electrons. The average molecular weight is 547 g/mol. The summed E-state index contributed by atoms with van der Waals surface area (Å²) in [4.78, 5) is 18.0. The monoisotopic (exact) mass is 546 g/mol. The third-order valence-electron chi connectivity index (χ3n) is 7.10. The van der Waals surface area contributed by atoms with Crippen LogP contribution in [0.3, 0.4) is 0 Å². The lowest BCUT2D eigenvalue weighted by atomic mass is 9.75. The number of fused-ring (bicyclic) bond motifs is 3. The van der Waals surface area contributed by atoms with Gasteiger partial charge in [0.1, 0.15) is 23.4 Å². The van der Waals surface area contributed by atoms with Gasteiger partial charge in [-0.2, -0.15) is 10.2 Å². The van der Waals surface area contributed by atoms with Crippen molar-refractivity contribution in [1.82, 2.24) is 29.7 Å². The first-order chi connectivity index (χ1) is 18.2. The van der Waals surface area contributed by atoms with Gasteiger partial charge in [-0.1, -0.05) is 53.5 Å². The summed E-state index contributed by atoms with van der Waals surface area (Å²) in [6.45, 7) is 3.70. The van der Waals surface area contributed by atoms with Crippen molar-refractivity contribution in [2.45, 2.75) is 38.6 Å². The van der Waals surface area contributed by atoms with Crippen LogP contribution in [0.4, 0.5) is 0 Å². The third-order valence-corrected chi connectivity index (χ3v) is 7.69. The normalized spacial score (nSPS) is 16.9. The number of carbonyl (C=O) groups excluding carboxylic acids is 1. The van der Waals surface area contributed by atoms with Crippen LogP contribution < -0.4 is 5.32 Å². The molecule has 2 aromatic carbocycles. The van der Waals surface area contributed by atoms with Crippen LogP contribution >= 0.6 is 23.2 Å². The molecule has 0 aliphatic heterocycles. The van der Waals surface area contributed by atoms with Gasteiger partial charge in [-0.3, -0.25) is 4.79 Å². The average Bonchev–Trinajstić information content (AvgIpc) is 3.47. The molecular weight excluding hydrogens is 523 g/mol. The number of aryl methyl sites for hydroxylation is 3. The number of nitrogens with zero attached hydrogens (tertiary/aromatic N) is 5. The van der Waals surface area contributed by atoms with E-state index in [0.717, 1.165) is 22.4 Å². The van der Waals surface area contributed by atoms with Gasteiger partial charge in [0.15, 0.2) is 0 Å². The Morgan fingerprint density at radius 2 is 1.82 bits per heavy atom. The molecule has 5 aromatic rings. The van der Waals surface area contributed by atoms with Crippen molar-refractivity contribution < 1.29 is 9.90 Å². The number of aromatic nitrogens is 5. The molecular formula is C28H24Cl2N6O2. The van der Waals surface area contributed by atoms with E-state index in [0.29, 0.717) is 36.3 Å². The minimum Gasteiger partial charge on any atom is -0.506 e. The van der Waals surface area contributed by atoms with Crippen LogP contribution in [0.5, 0.6) is 5.75 Å². The van der Waals surface area contributed by atoms with Crippen molar-refractivity contribution in [3.8, 4) is 11.4 Å². The van der Waals surface area contributed by atoms with Gasteiger partial charge in [0.25, 0.3) is 5.91 Å². The van der Waals surface area contributed by atoms with Gasteiger partial charge in [0.05, 0.1) is 32.5 Å². The molecule has 8 nitrogen and oxygen atoms in total. The number of carbonyl (C=O) groups is 1. The minimum atomic E-state index is -0.763. The predicted molar refractivity (Wildman–Crippen MR) is 145 cm³/mol. The summed E-state index contributed by atoms with van der Waals surface area (Å²) >= 11 is 13.2. The summed E-state index contributed by atoms with van der Waals surface area (Å²) in [5.41, 5.74) is 4.37. The molecule has 192 valence electrons. The van der Waals surface area contributed by atoms with Crippen molar-refractivity contribution in [1.29, 1.82) is 0 Å². The number of rotatable bonds is 4. The van der Waals surface area contributed by atoms with Crippen LogP contribution in [-0.4, -0.2) is 35.4 Å². The Kier molecular flexibility index (Phi) is 5.89. The second-order valence-electron chi connectivity index (χ2n) is 9.72. The Bertz CT molecular complexity index is 1690. The molecule has 0 bridgehead atoms. The lowest BCUT2D eigenvalue weighted by Crippen LogP contribution is -2.49. The van der Waals surface area contributed by atoms with Crippen molar-refractivity contribution in [2.24, 2.45) is 0 Å². The van der Waals surface area contributed by atoms with Crippen LogP contribution in [0.2, 0.25) is 10.0 Å². The number of benzene rings is 2. The summed E-state index contributed by atoms with van der Waals surface area (Å²) in [5, 5.41) is 23.5. The maximum absolute atomic E-state index is 13.8. The maximum Gasteiger partial charge on any atom is 0.255 e. The van der Waals surface area contributed by atoms with Crippen molar-refractivity contribution >= 4 is 34.6 Å². The van der Waals surface area contributed by atoms with Gasteiger partial charge < -0.3 is 10.4 Å². The summed E-state index contributed by atoms with van der Waals surface area (Å²) in [6.07, 6.45) is 5.15. The number of amides is 1. The molecule has 0 fully saturated rings. The lowest BCUT2D eigenvalue weighted by molar-refractivity contribution is 0.0886. The summed E-state index contributed by atoms with van der Waals surface area (Å²) in [6, 6.07) is 14.9. The highest BCUT2D eigenvalue weighted by Crippen LogP contribution is 2.41. The number of halogens is 2. The molecule has 1 unspecified atom stereocenters. The second-order valence-corrected chi connectivity index (χ2v) is 10.5. The molecule has 1 aliphatic carbocycles. The summed E-state index contributed by atoms with van der Waals surface area (Å²) in [5.74, 6) is 0.388. The molecule has 1 aliphatic rings. The Balaban J connectivity index is 1.41. The zero-order valence-electron chi connectivity index (χ0n) is 20.7. The van der Waals surface area contributed by atoms with E-state index in [2.05, 4.69) is 15.4 Å². The molecule has 0 spiro atoms. The number of hydrogen-bond acceptors (Lipinski definition) is 5. The highest BCUT2D eigenvalue weighted by Gasteiger charge is 2.40. The van der Waals surface area contributed by atoms with Gasteiger partial charge in [-0.05, 0) is 56.0 Å². The number of nitrogens with one attached hydrogen (secondary N) is 1. The van der Waals surface area contributed by atoms with Gasteiger partial charge >= 0.3 is 0 Å². The highest BCUT2D eigenvalue weighted by atomic mass is 35.5. The van der Waals surface area contributed by atoms with E-state index < -0.39 is 5.54 Å². The van der Waals surface area contributed by atoms with E-state index in [9.17, 15) is 9.90 Å². The van der Waals surface area contributed by atoms with Crippen LogP contribution in [0.25, 0.3) is 11.2 Å². The van der Waals surface area contributed by atoms with Crippen LogP contribution in [0, 0.1) is 13.8 Å². The first-order valence-electron chi connectivity index (χ1n) is 12.2. The van der Waals surface area contributed by atoms with E-state index in [1.807, 2.05) is 43.5 Å². The Morgan fingerprint density at radius 3 is 2.50 bits per heavy atom. The molecule has 1 atom stereocenters. The molecule has 6 rings (SSSR count). The predicted octanol–water partition coefficient (Wildman–Crippen LogP) is 5.36. The Hall–Kier alpha value is -3.88. The topological polar surface area (TPSA) is 97.3 Å². The fourth-order valence-corrected chi connectivity index (χ4v) is 5.99. The fourth-order valence-electron chi connectivity index (χ4n) is 5.34. The van der Waals surface area contributed by atoms with Crippen molar-refractivity contribution in [3.63, 3.8) is 0 Å². The molecule has 3 aromatic heterocycles. The van der Waals surface area contributed by atoms with Crippen LogP contribution in [0.15, 0.2) is 61.1 Å². The molecule has 2 N–H and O–H groups in total. The van der Waals surface area contributed by atoms with Gasteiger partial charge in [0.2, 0.25) is 0 Å². The largest absolute Gasteiger partial charge is 0.506 e. The molecule has 0 saturated carbocycles. The Morgan fingerprint density at radius 1 is 1.08 bits per heavy atom. The zero-order chi connectivity index (χ0) is 26.6. The van der Waals surface area contributed by atoms with Gasteiger partial charge in [-0.15, -0.1) is 0 Å². The van der Waals surface area contributed by atoms with E-state index in [1.54, 1.807) is 40.6 Å². The lowest BCUT2D eigenvalue weighted by Gasteiger charge is -2.38. The van der Waals surface area contributed by atoms with E-state index in [1.165, 1.54) is 0 Å².